The van der Waals surface area contributed by atoms with E-state index in [-0.39, 0.29) is 22.0 Å². The standard InChI is InChI=1S/C22H30O2/c1-9-11-16-12-13-18(17(23)14-16)24-19-15(3)20(4,5)22(8,10-2)21(19,6)7/h9-10,12-14,23H,1-2,11H2,3-8H3/t22-/m0/s1. The molecule has 2 rings (SSSR count). The molecule has 0 heterocycles. The lowest BCUT2D eigenvalue weighted by atomic mass is 9.57. The monoisotopic (exact) mass is 326 g/mol. The summed E-state index contributed by atoms with van der Waals surface area (Å²) in [6.45, 7) is 21.0. The maximum Gasteiger partial charge on any atom is 0.168 e. The second-order valence-electron chi connectivity index (χ2n) is 8.01. The van der Waals surface area contributed by atoms with Gasteiger partial charge in [0.15, 0.2) is 11.5 Å². The molecule has 1 aliphatic carbocycles. The van der Waals surface area contributed by atoms with Crippen molar-refractivity contribution < 1.29 is 9.84 Å². The predicted octanol–water partition coefficient (Wildman–Crippen LogP) is 6.03. The molecule has 0 saturated heterocycles. The summed E-state index contributed by atoms with van der Waals surface area (Å²) in [6, 6.07) is 5.54. The SMILES string of the molecule is C=CCc1ccc(OC2=C(C)C(C)(C)[C@](C)(C=C)C2(C)C)c(O)c1. The topological polar surface area (TPSA) is 29.5 Å². The number of benzene rings is 1. The van der Waals surface area contributed by atoms with E-state index in [2.05, 4.69) is 54.7 Å². The number of hydrogen-bond acceptors (Lipinski definition) is 2. The molecule has 24 heavy (non-hydrogen) atoms. The van der Waals surface area contributed by atoms with Crippen molar-refractivity contribution in [3.8, 4) is 11.5 Å². The molecule has 0 amide bonds. The Bertz CT molecular complexity index is 707. The zero-order valence-electron chi connectivity index (χ0n) is 15.9. The molecule has 0 aliphatic heterocycles. The first-order valence-corrected chi connectivity index (χ1v) is 8.49. The van der Waals surface area contributed by atoms with Crippen LogP contribution in [-0.2, 0) is 6.42 Å². The van der Waals surface area contributed by atoms with Crippen molar-refractivity contribution >= 4 is 0 Å². The third kappa shape index (κ3) is 2.40. The van der Waals surface area contributed by atoms with E-state index in [4.69, 9.17) is 4.74 Å². The average molecular weight is 326 g/mol. The largest absolute Gasteiger partial charge is 0.504 e. The molecule has 0 radical (unpaired) electrons. The predicted molar refractivity (Wildman–Crippen MR) is 101 cm³/mol. The van der Waals surface area contributed by atoms with E-state index in [0.717, 1.165) is 17.7 Å². The maximum absolute atomic E-state index is 10.4. The Morgan fingerprint density at radius 3 is 2.17 bits per heavy atom. The maximum atomic E-state index is 10.4. The van der Waals surface area contributed by atoms with Gasteiger partial charge in [-0.3, -0.25) is 0 Å². The van der Waals surface area contributed by atoms with Crippen LogP contribution in [0.1, 0.15) is 47.1 Å². The summed E-state index contributed by atoms with van der Waals surface area (Å²) < 4.78 is 6.26. The molecule has 0 spiro atoms. The minimum atomic E-state index is -0.228. The minimum absolute atomic E-state index is 0.0774. The third-order valence-corrected chi connectivity index (χ3v) is 6.47. The van der Waals surface area contributed by atoms with Gasteiger partial charge in [0.25, 0.3) is 0 Å². The van der Waals surface area contributed by atoms with Crippen LogP contribution >= 0.6 is 0 Å². The summed E-state index contributed by atoms with van der Waals surface area (Å²) in [7, 11) is 0. The van der Waals surface area contributed by atoms with Crippen molar-refractivity contribution in [1.29, 1.82) is 0 Å². The van der Waals surface area contributed by atoms with E-state index in [1.54, 1.807) is 6.07 Å². The molecule has 1 aliphatic rings. The smallest absolute Gasteiger partial charge is 0.168 e. The van der Waals surface area contributed by atoms with Crippen LogP contribution in [0.25, 0.3) is 0 Å². The van der Waals surface area contributed by atoms with Gasteiger partial charge in [0.2, 0.25) is 0 Å². The van der Waals surface area contributed by atoms with Crippen LogP contribution in [0.5, 0.6) is 11.5 Å². The van der Waals surface area contributed by atoms with Gasteiger partial charge in [-0.1, -0.05) is 52.8 Å². The van der Waals surface area contributed by atoms with Crippen LogP contribution < -0.4 is 4.74 Å². The number of aromatic hydroxyl groups is 1. The first kappa shape index (κ1) is 18.4. The van der Waals surface area contributed by atoms with Crippen LogP contribution in [0.4, 0.5) is 0 Å². The Hall–Kier alpha value is -1.96. The van der Waals surface area contributed by atoms with Crippen molar-refractivity contribution in [2.45, 2.75) is 48.0 Å². The van der Waals surface area contributed by atoms with Gasteiger partial charge in [0.1, 0.15) is 5.76 Å². The van der Waals surface area contributed by atoms with E-state index in [9.17, 15) is 5.11 Å². The summed E-state index contributed by atoms with van der Waals surface area (Å²) in [6.07, 6.45) is 4.59. The van der Waals surface area contributed by atoms with Crippen molar-refractivity contribution in [1.82, 2.24) is 0 Å². The fourth-order valence-electron chi connectivity index (χ4n) is 3.93. The molecule has 0 fully saturated rings. The molecule has 0 unspecified atom stereocenters. The fourth-order valence-corrected chi connectivity index (χ4v) is 3.93. The van der Waals surface area contributed by atoms with E-state index < -0.39 is 0 Å². The van der Waals surface area contributed by atoms with Gasteiger partial charge >= 0.3 is 0 Å². The van der Waals surface area contributed by atoms with E-state index in [0.29, 0.717) is 5.75 Å². The number of phenolic OH excluding ortho intramolecular Hbond substituents is 1. The highest BCUT2D eigenvalue weighted by molar-refractivity contribution is 5.46. The fraction of sp³-hybridized carbons (Fsp3) is 0.455. The van der Waals surface area contributed by atoms with E-state index >= 15 is 0 Å². The third-order valence-electron chi connectivity index (χ3n) is 6.47. The quantitative estimate of drug-likeness (QED) is 0.669. The molecular formula is C22H30O2. The summed E-state index contributed by atoms with van der Waals surface area (Å²) in [5.74, 6) is 1.58. The Labute approximate surface area is 146 Å². The second kappa shape index (κ2) is 5.84. The number of allylic oxidation sites excluding steroid dienone is 4. The molecule has 2 heteroatoms. The van der Waals surface area contributed by atoms with E-state index in [1.807, 2.05) is 24.3 Å². The average Bonchev–Trinajstić information content (AvgIpc) is 2.60. The lowest BCUT2D eigenvalue weighted by Crippen LogP contribution is -2.41. The van der Waals surface area contributed by atoms with Crippen LogP contribution in [0.2, 0.25) is 0 Å². The Kier molecular flexibility index (Phi) is 4.47. The summed E-state index contributed by atoms with van der Waals surface area (Å²) >= 11 is 0. The molecule has 130 valence electrons. The molecule has 1 N–H and O–H groups in total. The first-order chi connectivity index (χ1) is 11.0. The summed E-state index contributed by atoms with van der Waals surface area (Å²) in [5, 5.41) is 10.4. The lowest BCUT2D eigenvalue weighted by molar-refractivity contribution is 0.0770. The van der Waals surface area contributed by atoms with Crippen LogP contribution in [0.3, 0.4) is 0 Å². The van der Waals surface area contributed by atoms with Gasteiger partial charge in [-0.25, -0.2) is 0 Å². The highest BCUT2D eigenvalue weighted by Crippen LogP contribution is 2.65. The molecular weight excluding hydrogens is 296 g/mol. The summed E-state index contributed by atoms with van der Waals surface area (Å²) in [4.78, 5) is 0. The van der Waals surface area contributed by atoms with Crippen molar-refractivity contribution in [3.63, 3.8) is 0 Å². The van der Waals surface area contributed by atoms with Crippen molar-refractivity contribution in [2.24, 2.45) is 16.2 Å². The van der Waals surface area contributed by atoms with Gasteiger partial charge in [0.05, 0.1) is 0 Å². The Morgan fingerprint density at radius 2 is 1.71 bits per heavy atom. The summed E-state index contributed by atoms with van der Waals surface area (Å²) in [5.41, 5.74) is 1.77. The zero-order valence-corrected chi connectivity index (χ0v) is 15.9. The molecule has 1 atom stereocenters. The number of ether oxygens (including phenoxy) is 1. The number of rotatable bonds is 5. The van der Waals surface area contributed by atoms with Crippen molar-refractivity contribution in [2.75, 3.05) is 0 Å². The van der Waals surface area contributed by atoms with Crippen LogP contribution in [-0.4, -0.2) is 5.11 Å². The van der Waals surface area contributed by atoms with Crippen molar-refractivity contribution in [3.05, 3.63) is 60.4 Å². The molecule has 1 aromatic carbocycles. The van der Waals surface area contributed by atoms with Gasteiger partial charge in [-0.05, 0) is 42.0 Å². The van der Waals surface area contributed by atoms with Gasteiger partial charge in [0, 0.05) is 10.8 Å². The highest BCUT2D eigenvalue weighted by Gasteiger charge is 2.59. The van der Waals surface area contributed by atoms with Gasteiger partial charge in [-0.2, -0.15) is 0 Å². The van der Waals surface area contributed by atoms with Crippen LogP contribution in [0.15, 0.2) is 54.8 Å². The Morgan fingerprint density at radius 1 is 1.08 bits per heavy atom. The first-order valence-electron chi connectivity index (χ1n) is 8.49. The normalized spacial score (nSPS) is 24.8. The highest BCUT2D eigenvalue weighted by atomic mass is 16.5. The van der Waals surface area contributed by atoms with Crippen LogP contribution in [0, 0.1) is 16.2 Å². The Balaban J connectivity index is 2.47. The lowest BCUT2D eigenvalue weighted by Gasteiger charge is -2.45. The van der Waals surface area contributed by atoms with Gasteiger partial charge in [-0.15, -0.1) is 13.2 Å². The molecule has 2 nitrogen and oxygen atoms in total. The molecule has 0 saturated carbocycles. The molecule has 0 aromatic heterocycles. The number of phenols is 1. The minimum Gasteiger partial charge on any atom is -0.504 e. The second-order valence-corrected chi connectivity index (χ2v) is 8.01. The van der Waals surface area contributed by atoms with Gasteiger partial charge < -0.3 is 9.84 Å². The molecule has 1 aromatic rings. The molecule has 0 bridgehead atoms. The van der Waals surface area contributed by atoms with E-state index in [1.165, 1.54) is 5.57 Å². The zero-order chi connectivity index (χ0) is 18.3. The number of hydrogen-bond donors (Lipinski definition) is 1.